The van der Waals surface area contributed by atoms with Gasteiger partial charge in [-0.05, 0) is 48.4 Å². The quantitative estimate of drug-likeness (QED) is 0.502. The van der Waals surface area contributed by atoms with Gasteiger partial charge in [0, 0.05) is 24.4 Å². The normalized spacial score (nSPS) is 17.9. The van der Waals surface area contributed by atoms with E-state index in [0.29, 0.717) is 34.4 Å². The number of anilines is 2. The summed E-state index contributed by atoms with van der Waals surface area (Å²) in [6, 6.07) is 14.0. The second-order valence-electron chi connectivity index (χ2n) is 7.91. The van der Waals surface area contributed by atoms with Crippen molar-refractivity contribution in [3.8, 4) is 11.5 Å². The number of methoxy groups -OCH3 is 2. The molecule has 1 aliphatic heterocycles. The first-order valence-electron chi connectivity index (χ1n) is 10.8. The third-order valence-electron chi connectivity index (χ3n) is 5.84. The van der Waals surface area contributed by atoms with Crippen molar-refractivity contribution >= 4 is 39.8 Å². The summed E-state index contributed by atoms with van der Waals surface area (Å²) in [6.07, 6.45) is 0.617. The van der Waals surface area contributed by atoms with Crippen LogP contribution >= 0.6 is 11.3 Å². The molecule has 0 radical (unpaired) electrons. The molecule has 2 heterocycles. The van der Waals surface area contributed by atoms with Crippen molar-refractivity contribution in [3.63, 3.8) is 0 Å². The Balaban J connectivity index is 1.71. The van der Waals surface area contributed by atoms with Gasteiger partial charge < -0.3 is 19.7 Å². The molecular formula is C25H25N3O5S. The highest BCUT2D eigenvalue weighted by atomic mass is 32.1. The van der Waals surface area contributed by atoms with E-state index in [4.69, 9.17) is 9.47 Å². The number of Topliss-reactive ketones (excluding diaryl/α,β-unsaturated/α-hetero) is 1. The molecule has 0 spiro atoms. The highest BCUT2D eigenvalue weighted by Crippen LogP contribution is 2.41. The number of nitrogens with one attached hydrogen (secondary N) is 1. The SMILES string of the molecule is COc1ccc(C2C(C(=O)Nc3nc(C(C)=O)cs3)CCC(=O)N2c2ccc(OC)cc2)cc1. The van der Waals surface area contributed by atoms with Gasteiger partial charge in [-0.15, -0.1) is 11.3 Å². The maximum atomic E-state index is 13.4. The lowest BCUT2D eigenvalue weighted by Gasteiger charge is -2.40. The standard InChI is InChI=1S/C25H25N3O5S/c1-15(29)21-14-34-25(26-21)27-24(31)20-12-13-22(30)28(17-6-10-19(33-3)11-7-17)23(20)16-4-8-18(32-2)9-5-16/h4-11,14,20,23H,12-13H2,1-3H3,(H,26,27,31). The number of ketones is 1. The number of hydrogen-bond acceptors (Lipinski definition) is 7. The van der Waals surface area contributed by atoms with Crippen molar-refractivity contribution in [2.45, 2.75) is 25.8 Å². The minimum atomic E-state index is -0.534. The zero-order chi connectivity index (χ0) is 24.2. The molecule has 0 aliphatic carbocycles. The lowest BCUT2D eigenvalue weighted by molar-refractivity contribution is -0.125. The lowest BCUT2D eigenvalue weighted by Crippen LogP contribution is -2.46. The number of nitrogens with zero attached hydrogens (tertiary/aromatic N) is 2. The van der Waals surface area contributed by atoms with Crippen LogP contribution in [0.4, 0.5) is 10.8 Å². The van der Waals surface area contributed by atoms with Crippen LogP contribution in [-0.2, 0) is 9.59 Å². The van der Waals surface area contributed by atoms with Crippen molar-refractivity contribution in [1.29, 1.82) is 0 Å². The number of amides is 2. The fraction of sp³-hybridized carbons (Fsp3) is 0.280. The smallest absolute Gasteiger partial charge is 0.231 e. The number of thiazole rings is 1. The number of rotatable bonds is 7. The fourth-order valence-corrected chi connectivity index (χ4v) is 4.84. The maximum Gasteiger partial charge on any atom is 0.231 e. The number of piperidine rings is 1. The van der Waals surface area contributed by atoms with E-state index in [9.17, 15) is 14.4 Å². The Bertz CT molecular complexity index is 1190. The Morgan fingerprint density at radius 3 is 2.21 bits per heavy atom. The van der Waals surface area contributed by atoms with Crippen LogP contribution in [0.1, 0.15) is 41.9 Å². The number of carbonyl (C=O) groups excluding carboxylic acids is 3. The van der Waals surface area contributed by atoms with Gasteiger partial charge in [0.2, 0.25) is 11.8 Å². The summed E-state index contributed by atoms with van der Waals surface area (Å²) >= 11 is 1.20. The molecule has 1 N–H and O–H groups in total. The van der Waals surface area contributed by atoms with E-state index in [1.807, 2.05) is 36.4 Å². The van der Waals surface area contributed by atoms with Crippen LogP contribution in [0.15, 0.2) is 53.9 Å². The largest absolute Gasteiger partial charge is 0.497 e. The minimum Gasteiger partial charge on any atom is -0.497 e. The molecular weight excluding hydrogens is 454 g/mol. The van der Waals surface area contributed by atoms with Gasteiger partial charge in [0.15, 0.2) is 10.9 Å². The zero-order valence-corrected chi connectivity index (χ0v) is 19.9. The van der Waals surface area contributed by atoms with Crippen LogP contribution in [0.25, 0.3) is 0 Å². The van der Waals surface area contributed by atoms with Gasteiger partial charge in [0.1, 0.15) is 17.2 Å². The summed E-state index contributed by atoms with van der Waals surface area (Å²) in [6.45, 7) is 1.43. The molecule has 1 saturated heterocycles. The topological polar surface area (TPSA) is 97.8 Å². The first kappa shape index (κ1) is 23.4. The van der Waals surface area contributed by atoms with Gasteiger partial charge in [-0.3, -0.25) is 14.4 Å². The molecule has 2 unspecified atom stereocenters. The molecule has 1 aliphatic rings. The highest BCUT2D eigenvalue weighted by Gasteiger charge is 2.41. The van der Waals surface area contributed by atoms with Crippen molar-refractivity contribution < 1.29 is 23.9 Å². The van der Waals surface area contributed by atoms with E-state index < -0.39 is 12.0 Å². The summed E-state index contributed by atoms with van der Waals surface area (Å²) in [7, 11) is 3.17. The van der Waals surface area contributed by atoms with E-state index in [1.54, 1.807) is 36.6 Å². The molecule has 0 bridgehead atoms. The average Bonchev–Trinajstić information content (AvgIpc) is 3.33. The summed E-state index contributed by atoms with van der Waals surface area (Å²) in [5.41, 5.74) is 1.80. The van der Waals surface area contributed by atoms with Crippen LogP contribution < -0.4 is 19.7 Å². The second kappa shape index (κ2) is 10.0. The van der Waals surface area contributed by atoms with Crippen LogP contribution in [0.5, 0.6) is 11.5 Å². The van der Waals surface area contributed by atoms with E-state index >= 15 is 0 Å². The second-order valence-corrected chi connectivity index (χ2v) is 8.77. The third-order valence-corrected chi connectivity index (χ3v) is 6.59. The molecule has 9 heteroatoms. The summed E-state index contributed by atoms with van der Waals surface area (Å²) in [5.74, 6) is 0.343. The molecule has 1 fully saturated rings. The Kier molecular flexibility index (Phi) is 6.93. The molecule has 1 aromatic heterocycles. The summed E-state index contributed by atoms with van der Waals surface area (Å²) in [4.78, 5) is 44.0. The maximum absolute atomic E-state index is 13.4. The number of ether oxygens (including phenoxy) is 2. The number of carbonyl (C=O) groups is 3. The minimum absolute atomic E-state index is 0.0665. The van der Waals surface area contributed by atoms with Crippen molar-refractivity contribution in [1.82, 2.24) is 4.98 Å². The van der Waals surface area contributed by atoms with Gasteiger partial charge in [-0.2, -0.15) is 0 Å². The van der Waals surface area contributed by atoms with Crippen LogP contribution in [0, 0.1) is 5.92 Å². The first-order chi connectivity index (χ1) is 16.4. The molecule has 2 aromatic carbocycles. The van der Waals surface area contributed by atoms with Crippen molar-refractivity contribution in [2.75, 3.05) is 24.4 Å². The van der Waals surface area contributed by atoms with Gasteiger partial charge >= 0.3 is 0 Å². The van der Waals surface area contributed by atoms with Crippen LogP contribution in [0.3, 0.4) is 0 Å². The number of benzene rings is 2. The van der Waals surface area contributed by atoms with E-state index in [0.717, 1.165) is 5.56 Å². The highest BCUT2D eigenvalue weighted by molar-refractivity contribution is 7.14. The van der Waals surface area contributed by atoms with Gasteiger partial charge in [-0.1, -0.05) is 12.1 Å². The Morgan fingerprint density at radius 1 is 1.03 bits per heavy atom. The Morgan fingerprint density at radius 2 is 1.65 bits per heavy atom. The summed E-state index contributed by atoms with van der Waals surface area (Å²) in [5, 5.41) is 4.82. The van der Waals surface area contributed by atoms with Gasteiger partial charge in [0.05, 0.1) is 26.2 Å². The molecule has 3 aromatic rings. The third kappa shape index (κ3) is 4.79. The van der Waals surface area contributed by atoms with E-state index in [-0.39, 0.29) is 24.0 Å². The van der Waals surface area contributed by atoms with Crippen molar-refractivity contribution in [2.24, 2.45) is 5.92 Å². The molecule has 4 rings (SSSR count). The molecule has 34 heavy (non-hydrogen) atoms. The van der Waals surface area contributed by atoms with E-state index in [2.05, 4.69) is 10.3 Å². The number of hydrogen-bond donors (Lipinski definition) is 1. The van der Waals surface area contributed by atoms with Crippen LogP contribution in [-0.4, -0.2) is 36.8 Å². The van der Waals surface area contributed by atoms with Gasteiger partial charge in [0.25, 0.3) is 0 Å². The Hall–Kier alpha value is -3.72. The lowest BCUT2D eigenvalue weighted by atomic mass is 9.83. The van der Waals surface area contributed by atoms with E-state index in [1.165, 1.54) is 18.3 Å². The molecule has 8 nitrogen and oxygen atoms in total. The molecule has 176 valence electrons. The summed E-state index contributed by atoms with van der Waals surface area (Å²) < 4.78 is 10.5. The van der Waals surface area contributed by atoms with Crippen LogP contribution in [0.2, 0.25) is 0 Å². The first-order valence-corrected chi connectivity index (χ1v) is 11.7. The molecule has 0 saturated carbocycles. The predicted molar refractivity (Wildman–Crippen MR) is 130 cm³/mol. The monoisotopic (exact) mass is 479 g/mol. The average molecular weight is 480 g/mol. The predicted octanol–water partition coefficient (Wildman–Crippen LogP) is 4.49. The zero-order valence-electron chi connectivity index (χ0n) is 19.1. The number of aromatic nitrogens is 1. The molecule has 2 amide bonds. The fourth-order valence-electron chi connectivity index (χ4n) is 4.09. The van der Waals surface area contributed by atoms with Gasteiger partial charge in [-0.25, -0.2) is 4.98 Å². The Labute approximate surface area is 201 Å². The van der Waals surface area contributed by atoms with Crippen molar-refractivity contribution in [3.05, 3.63) is 65.2 Å². The molecule has 2 atom stereocenters.